The van der Waals surface area contributed by atoms with Crippen LogP contribution in [0.1, 0.15) is 27.2 Å². The molecular formula is C15H23NO5. The van der Waals surface area contributed by atoms with Crippen molar-refractivity contribution in [3.05, 3.63) is 24.3 Å². The van der Waals surface area contributed by atoms with Gasteiger partial charge in [0.1, 0.15) is 12.7 Å². The second kappa shape index (κ2) is 8.94. The smallest absolute Gasteiger partial charge is 0.333 e. The summed E-state index contributed by atoms with van der Waals surface area (Å²) >= 11 is 0. The predicted molar refractivity (Wildman–Crippen MR) is 78.4 cm³/mol. The van der Waals surface area contributed by atoms with Crippen LogP contribution in [-0.2, 0) is 23.9 Å². The Morgan fingerprint density at radius 3 is 2.10 bits per heavy atom. The molecule has 118 valence electrons. The zero-order chi connectivity index (χ0) is 16.6. The van der Waals surface area contributed by atoms with Gasteiger partial charge in [-0.25, -0.2) is 9.59 Å². The number of carbonyl (C=O) groups excluding carboxylic acids is 3. The van der Waals surface area contributed by atoms with Gasteiger partial charge < -0.3 is 14.4 Å². The number of amides is 1. The Hall–Kier alpha value is -2.11. The van der Waals surface area contributed by atoms with E-state index in [1.54, 1.807) is 20.9 Å². The fraction of sp³-hybridized carbons (Fsp3) is 0.533. The summed E-state index contributed by atoms with van der Waals surface area (Å²) in [6.07, 6.45) is -0.377. The molecule has 0 aromatic heterocycles. The van der Waals surface area contributed by atoms with Crippen LogP contribution in [0.25, 0.3) is 0 Å². The van der Waals surface area contributed by atoms with Crippen molar-refractivity contribution in [3.8, 4) is 0 Å². The molecule has 0 radical (unpaired) electrons. The number of likely N-dealkylation sites (N-methyl/N-ethyl adjacent to an activating group) is 1. The van der Waals surface area contributed by atoms with Crippen molar-refractivity contribution in [2.75, 3.05) is 20.2 Å². The van der Waals surface area contributed by atoms with Crippen LogP contribution in [0.3, 0.4) is 0 Å². The van der Waals surface area contributed by atoms with E-state index in [4.69, 9.17) is 9.47 Å². The number of hydrogen-bond acceptors (Lipinski definition) is 5. The standard InChI is InChI=1S/C15H23NO5/c1-10(2)14(18)20-8-7-13(17)16(6)9-12(5)21-15(19)11(3)4/h12H,1,3,7-9H2,2,4-6H3. The number of esters is 2. The molecule has 0 aromatic rings. The molecule has 0 saturated heterocycles. The van der Waals surface area contributed by atoms with Crippen LogP contribution >= 0.6 is 0 Å². The molecule has 0 N–H and O–H groups in total. The van der Waals surface area contributed by atoms with Gasteiger partial charge in [0.05, 0.1) is 13.0 Å². The van der Waals surface area contributed by atoms with Crippen LogP contribution in [0.15, 0.2) is 24.3 Å². The summed E-state index contributed by atoms with van der Waals surface area (Å²) in [4.78, 5) is 35.7. The molecule has 1 amide bonds. The quantitative estimate of drug-likeness (QED) is 0.501. The van der Waals surface area contributed by atoms with E-state index < -0.39 is 18.0 Å². The molecule has 0 spiro atoms. The Balaban J connectivity index is 4.10. The molecule has 6 nitrogen and oxygen atoms in total. The van der Waals surface area contributed by atoms with Gasteiger partial charge in [0, 0.05) is 18.2 Å². The molecule has 0 fully saturated rings. The normalized spacial score (nSPS) is 11.2. The summed E-state index contributed by atoms with van der Waals surface area (Å²) in [6.45, 7) is 12.0. The van der Waals surface area contributed by atoms with E-state index in [1.807, 2.05) is 0 Å². The molecule has 21 heavy (non-hydrogen) atoms. The Kier molecular flexibility index (Phi) is 8.04. The van der Waals surface area contributed by atoms with Crippen LogP contribution in [0.5, 0.6) is 0 Å². The molecule has 0 saturated carbocycles. The number of carbonyl (C=O) groups is 3. The molecular weight excluding hydrogens is 274 g/mol. The fourth-order valence-electron chi connectivity index (χ4n) is 1.35. The van der Waals surface area contributed by atoms with Gasteiger partial charge in [0.15, 0.2) is 0 Å². The zero-order valence-electron chi connectivity index (χ0n) is 13.1. The Labute approximate surface area is 125 Å². The van der Waals surface area contributed by atoms with E-state index >= 15 is 0 Å². The zero-order valence-corrected chi connectivity index (χ0v) is 13.1. The van der Waals surface area contributed by atoms with Crippen molar-refractivity contribution in [1.82, 2.24) is 4.90 Å². The lowest BCUT2D eigenvalue weighted by atomic mass is 10.3. The molecule has 0 aromatic carbocycles. The number of hydrogen-bond donors (Lipinski definition) is 0. The van der Waals surface area contributed by atoms with Crippen LogP contribution < -0.4 is 0 Å². The Morgan fingerprint density at radius 1 is 1.10 bits per heavy atom. The highest BCUT2D eigenvalue weighted by Crippen LogP contribution is 2.02. The van der Waals surface area contributed by atoms with Gasteiger partial charge in [-0.1, -0.05) is 13.2 Å². The van der Waals surface area contributed by atoms with Gasteiger partial charge >= 0.3 is 11.9 Å². The van der Waals surface area contributed by atoms with Crippen molar-refractivity contribution in [3.63, 3.8) is 0 Å². The fourth-order valence-corrected chi connectivity index (χ4v) is 1.35. The average molecular weight is 297 g/mol. The van der Waals surface area contributed by atoms with E-state index in [9.17, 15) is 14.4 Å². The Bertz CT molecular complexity index is 441. The molecule has 0 aliphatic rings. The minimum Gasteiger partial charge on any atom is -0.462 e. The van der Waals surface area contributed by atoms with Gasteiger partial charge in [-0.2, -0.15) is 0 Å². The Morgan fingerprint density at radius 2 is 1.62 bits per heavy atom. The summed E-state index contributed by atoms with van der Waals surface area (Å²) in [5, 5.41) is 0. The molecule has 1 atom stereocenters. The minimum absolute atomic E-state index is 0.00516. The largest absolute Gasteiger partial charge is 0.462 e. The van der Waals surface area contributed by atoms with Gasteiger partial charge in [0.25, 0.3) is 0 Å². The molecule has 0 rings (SSSR count). The van der Waals surface area contributed by atoms with Crippen molar-refractivity contribution in [2.45, 2.75) is 33.3 Å². The topological polar surface area (TPSA) is 72.9 Å². The number of nitrogens with zero attached hydrogens (tertiary/aromatic N) is 1. The second-order valence-corrected chi connectivity index (χ2v) is 4.94. The van der Waals surface area contributed by atoms with Crippen LogP contribution in [0, 0.1) is 0 Å². The highest BCUT2D eigenvalue weighted by atomic mass is 16.5. The number of ether oxygens (including phenoxy) is 2. The third-order valence-corrected chi connectivity index (χ3v) is 2.51. The molecule has 0 aliphatic carbocycles. The lowest BCUT2D eigenvalue weighted by Gasteiger charge is -2.21. The number of rotatable bonds is 8. The molecule has 0 bridgehead atoms. The first-order valence-electron chi connectivity index (χ1n) is 6.58. The van der Waals surface area contributed by atoms with E-state index in [2.05, 4.69) is 13.2 Å². The van der Waals surface area contributed by atoms with Crippen LogP contribution in [-0.4, -0.2) is 49.0 Å². The minimum atomic E-state index is -0.519. The molecule has 0 aliphatic heterocycles. The lowest BCUT2D eigenvalue weighted by molar-refractivity contribution is -0.147. The van der Waals surface area contributed by atoms with Crippen LogP contribution in [0.4, 0.5) is 0 Å². The van der Waals surface area contributed by atoms with Crippen molar-refractivity contribution < 1.29 is 23.9 Å². The first-order chi connectivity index (χ1) is 9.65. The van der Waals surface area contributed by atoms with E-state index in [-0.39, 0.29) is 31.1 Å². The van der Waals surface area contributed by atoms with Crippen molar-refractivity contribution >= 4 is 17.8 Å². The molecule has 0 heterocycles. The van der Waals surface area contributed by atoms with Gasteiger partial charge in [0.2, 0.25) is 5.91 Å². The maximum absolute atomic E-state index is 11.8. The second-order valence-electron chi connectivity index (χ2n) is 4.94. The van der Waals surface area contributed by atoms with Gasteiger partial charge in [-0.05, 0) is 20.8 Å². The summed E-state index contributed by atoms with van der Waals surface area (Å²) in [7, 11) is 1.59. The highest BCUT2D eigenvalue weighted by molar-refractivity contribution is 5.87. The average Bonchev–Trinajstić information content (AvgIpc) is 2.37. The summed E-state index contributed by atoms with van der Waals surface area (Å²) in [5.41, 5.74) is 0.596. The SMILES string of the molecule is C=C(C)C(=O)OCCC(=O)N(C)CC(C)OC(=O)C(=C)C. The summed E-state index contributed by atoms with van der Waals surface area (Å²) < 4.78 is 9.92. The van der Waals surface area contributed by atoms with Gasteiger partial charge in [-0.15, -0.1) is 0 Å². The third-order valence-electron chi connectivity index (χ3n) is 2.51. The van der Waals surface area contributed by atoms with Crippen molar-refractivity contribution in [2.24, 2.45) is 0 Å². The van der Waals surface area contributed by atoms with Gasteiger partial charge in [-0.3, -0.25) is 4.79 Å². The van der Waals surface area contributed by atoms with E-state index in [1.165, 1.54) is 11.8 Å². The molecule has 1 unspecified atom stereocenters. The lowest BCUT2D eigenvalue weighted by Crippen LogP contribution is -2.35. The maximum atomic E-state index is 11.8. The first kappa shape index (κ1) is 18.9. The first-order valence-corrected chi connectivity index (χ1v) is 6.58. The highest BCUT2D eigenvalue weighted by Gasteiger charge is 2.16. The monoisotopic (exact) mass is 297 g/mol. The molecule has 6 heteroatoms. The third kappa shape index (κ3) is 7.91. The predicted octanol–water partition coefficient (Wildman–Crippen LogP) is 1.46. The van der Waals surface area contributed by atoms with Crippen molar-refractivity contribution in [1.29, 1.82) is 0 Å². The van der Waals surface area contributed by atoms with E-state index in [0.29, 0.717) is 5.57 Å². The maximum Gasteiger partial charge on any atom is 0.333 e. The van der Waals surface area contributed by atoms with E-state index in [0.717, 1.165) is 0 Å². The van der Waals surface area contributed by atoms with Crippen LogP contribution in [0.2, 0.25) is 0 Å². The summed E-state index contributed by atoms with van der Waals surface area (Å²) in [6, 6.07) is 0. The summed E-state index contributed by atoms with van der Waals surface area (Å²) in [5.74, 6) is -1.21.